The second-order valence-electron chi connectivity index (χ2n) is 17.4. The Morgan fingerprint density at radius 1 is 0.531 bits per heavy atom. The molecule has 4 aromatic carbocycles. The lowest BCUT2D eigenvalue weighted by Crippen LogP contribution is -2.31. The van der Waals surface area contributed by atoms with E-state index in [1.165, 1.54) is 0 Å². The molecule has 1 aliphatic rings. The first kappa shape index (κ1) is 50.6. The van der Waals surface area contributed by atoms with Gasteiger partial charge in [-0.05, 0) is 110 Å². The van der Waals surface area contributed by atoms with E-state index in [2.05, 4.69) is 47.8 Å². The highest BCUT2D eigenvalue weighted by atomic mass is 32.2. The summed E-state index contributed by atoms with van der Waals surface area (Å²) >= 11 is 0. The number of sulfonamides is 2. The fourth-order valence-corrected chi connectivity index (χ4v) is 12.7. The highest BCUT2D eigenvalue weighted by Gasteiger charge is 2.36. The molecule has 0 bridgehead atoms. The van der Waals surface area contributed by atoms with Gasteiger partial charge in [-0.3, -0.25) is 9.59 Å². The molecule has 0 amide bonds. The van der Waals surface area contributed by atoms with Gasteiger partial charge < -0.3 is 10.6 Å². The quantitative estimate of drug-likeness (QED) is 0.0478. The summed E-state index contributed by atoms with van der Waals surface area (Å²) in [6.07, 6.45) is 9.75. The van der Waals surface area contributed by atoms with E-state index < -0.39 is 20.0 Å². The van der Waals surface area contributed by atoms with Gasteiger partial charge in [-0.2, -0.15) is 0 Å². The van der Waals surface area contributed by atoms with Crippen molar-refractivity contribution in [3.63, 3.8) is 0 Å². The minimum atomic E-state index is -3.93. The lowest BCUT2D eigenvalue weighted by Gasteiger charge is -2.27. The Balaban J connectivity index is 1.68. The maximum Gasteiger partial charge on any atom is 0.241 e. The average molecular weight is 913 g/mol. The Morgan fingerprint density at radius 3 is 1.22 bits per heavy atom. The maximum atomic E-state index is 14.8. The van der Waals surface area contributed by atoms with Crippen LogP contribution in [0.5, 0.6) is 0 Å². The van der Waals surface area contributed by atoms with Gasteiger partial charge in [0.05, 0.1) is 32.3 Å². The van der Waals surface area contributed by atoms with Crippen LogP contribution in [-0.4, -0.2) is 41.5 Å². The third-order valence-corrected chi connectivity index (χ3v) is 16.4. The largest absolute Gasteiger partial charge is 0.354 e. The molecule has 2 unspecified atom stereocenters. The number of unbranched alkanes of at least 4 members (excludes halogenated alkanes) is 2. The van der Waals surface area contributed by atoms with Gasteiger partial charge in [-0.1, -0.05) is 130 Å². The molecule has 0 spiro atoms. The average Bonchev–Trinajstić information content (AvgIpc) is 3.28. The zero-order valence-corrected chi connectivity index (χ0v) is 41.6. The topological polar surface area (TPSA) is 151 Å². The maximum absolute atomic E-state index is 14.8. The van der Waals surface area contributed by atoms with Gasteiger partial charge in [-0.15, -0.1) is 0 Å². The lowest BCUT2D eigenvalue weighted by atomic mass is 9.82. The number of carbonyl (C=O) groups excluding carboxylic acids is 2. The number of hydrogen-bond acceptors (Lipinski definition) is 8. The third kappa shape index (κ3) is 10.7. The van der Waals surface area contributed by atoms with Crippen molar-refractivity contribution in [1.82, 2.24) is 9.44 Å². The summed E-state index contributed by atoms with van der Waals surface area (Å²) in [4.78, 5) is 30.0. The molecule has 348 valence electrons. The van der Waals surface area contributed by atoms with Gasteiger partial charge in [0.2, 0.25) is 20.0 Å². The van der Waals surface area contributed by atoms with Gasteiger partial charge in [0.25, 0.3) is 0 Å². The molecule has 0 saturated carbocycles. The molecule has 0 aliphatic heterocycles. The molecule has 1 aliphatic carbocycles. The van der Waals surface area contributed by atoms with E-state index in [0.29, 0.717) is 83.8 Å². The van der Waals surface area contributed by atoms with Crippen molar-refractivity contribution < 1.29 is 26.4 Å². The van der Waals surface area contributed by atoms with Crippen LogP contribution < -0.4 is 20.1 Å². The molecular weight excluding hydrogens is 841 g/mol. The van der Waals surface area contributed by atoms with Crippen LogP contribution in [0.3, 0.4) is 0 Å². The summed E-state index contributed by atoms with van der Waals surface area (Å²) in [5.74, 6) is -0.242. The van der Waals surface area contributed by atoms with E-state index in [9.17, 15) is 26.4 Å². The number of rotatable bonds is 24. The Labute approximate surface area is 384 Å². The number of hydrogen-bond donors (Lipinski definition) is 4. The SMILES string of the molecule is CCCCC(CC)CNS(=O)(=O)c1c(C)cc(CC)c(Nc2ccc(Nc3c(CC)cc(C)c(S(=O)(=O)NCC(CC)CCCC)c3CC)c3c2C(=O)c2ccccc2C3=O)c1CC. The summed E-state index contributed by atoms with van der Waals surface area (Å²) in [6, 6.07) is 14.1. The molecule has 64 heavy (non-hydrogen) atoms. The van der Waals surface area contributed by atoms with E-state index in [1.807, 2.05) is 53.7 Å². The molecule has 0 radical (unpaired) electrons. The fourth-order valence-electron chi connectivity index (χ4n) is 9.37. The number of aryl methyl sites for hydroxylation is 4. The molecule has 4 N–H and O–H groups in total. The number of fused-ring (bicyclic) bond motifs is 2. The van der Waals surface area contributed by atoms with Gasteiger partial charge in [0.1, 0.15) is 0 Å². The van der Waals surface area contributed by atoms with Crippen LogP contribution in [0.1, 0.15) is 172 Å². The summed E-state index contributed by atoms with van der Waals surface area (Å²) in [5, 5.41) is 7.06. The normalized spacial score (nSPS) is 13.7. The van der Waals surface area contributed by atoms with Crippen LogP contribution in [0.2, 0.25) is 0 Å². The number of nitrogens with one attached hydrogen (secondary N) is 4. The highest BCUT2D eigenvalue weighted by molar-refractivity contribution is 7.90. The van der Waals surface area contributed by atoms with Crippen molar-refractivity contribution in [2.45, 2.75) is 156 Å². The van der Waals surface area contributed by atoms with Crippen LogP contribution in [0.25, 0.3) is 0 Å². The Bertz CT molecular complexity index is 2390. The number of anilines is 4. The van der Waals surface area contributed by atoms with Gasteiger partial charge >= 0.3 is 0 Å². The van der Waals surface area contributed by atoms with Crippen molar-refractivity contribution in [2.24, 2.45) is 11.8 Å². The van der Waals surface area contributed by atoms with Crippen molar-refractivity contribution >= 4 is 54.4 Å². The number of ketones is 2. The molecule has 4 aromatic rings. The van der Waals surface area contributed by atoms with E-state index in [0.717, 1.165) is 62.5 Å². The summed E-state index contributed by atoms with van der Waals surface area (Å²) in [7, 11) is -7.87. The molecule has 10 nitrogen and oxygen atoms in total. The van der Waals surface area contributed by atoms with Crippen LogP contribution in [0, 0.1) is 25.7 Å². The van der Waals surface area contributed by atoms with Crippen LogP contribution in [0.4, 0.5) is 22.7 Å². The van der Waals surface area contributed by atoms with Crippen LogP contribution in [-0.2, 0) is 45.7 Å². The Morgan fingerprint density at radius 2 is 0.906 bits per heavy atom. The van der Waals surface area contributed by atoms with E-state index in [4.69, 9.17) is 0 Å². The van der Waals surface area contributed by atoms with E-state index >= 15 is 0 Å². The first-order valence-corrected chi connectivity index (χ1v) is 26.7. The van der Waals surface area contributed by atoms with Gasteiger partial charge in [0.15, 0.2) is 11.6 Å². The smallest absolute Gasteiger partial charge is 0.241 e. The number of carbonyl (C=O) groups is 2. The molecule has 0 fully saturated rings. The number of benzene rings is 4. The minimum Gasteiger partial charge on any atom is -0.354 e. The summed E-state index contributed by atoms with van der Waals surface area (Å²) < 4.78 is 62.9. The molecule has 0 aromatic heterocycles. The molecule has 0 saturated heterocycles. The Kier molecular flexibility index (Phi) is 17.6. The van der Waals surface area contributed by atoms with Crippen molar-refractivity contribution in [2.75, 3.05) is 23.7 Å². The monoisotopic (exact) mass is 912 g/mol. The Hall–Kier alpha value is -4.36. The second-order valence-corrected chi connectivity index (χ2v) is 20.8. The van der Waals surface area contributed by atoms with Crippen molar-refractivity contribution in [3.8, 4) is 0 Å². The molecular formula is C52H72N4O6S2. The molecule has 0 heterocycles. The molecule has 5 rings (SSSR count). The zero-order valence-electron chi connectivity index (χ0n) is 39.9. The fraction of sp³-hybridized carbons (Fsp3) is 0.500. The van der Waals surface area contributed by atoms with Gasteiger partial charge in [0, 0.05) is 35.6 Å². The third-order valence-electron chi connectivity index (χ3n) is 13.1. The zero-order chi connectivity index (χ0) is 46.9. The van der Waals surface area contributed by atoms with E-state index in [1.54, 1.807) is 36.4 Å². The standard InChI is InChI=1S/C52H72N4O6S2/c1-11-19-23-35(13-3)31-53-63(59,60)51-33(9)29-37(15-5)47(39(51)17-7)55-43-27-28-44(46-45(43)49(57)41-25-21-22-26-42(41)50(46)58)56-48-38(16-6)30-34(10)52(40(48)18-8)64(61,62)54-32-36(14-4)24-20-12-2/h21-22,25-30,35-36,53-56H,11-20,23-24,31-32H2,1-10H3. The highest BCUT2D eigenvalue weighted by Crippen LogP contribution is 2.43. The first-order chi connectivity index (χ1) is 30.6. The summed E-state index contributed by atoms with van der Waals surface area (Å²) in [6.45, 7) is 20.7. The van der Waals surface area contributed by atoms with Crippen molar-refractivity contribution in [3.05, 3.63) is 104 Å². The lowest BCUT2D eigenvalue weighted by molar-refractivity contribution is 0.0980. The predicted molar refractivity (Wildman–Crippen MR) is 263 cm³/mol. The molecule has 12 heteroatoms. The minimum absolute atomic E-state index is 0.165. The predicted octanol–water partition coefficient (Wildman–Crippen LogP) is 11.8. The van der Waals surface area contributed by atoms with Gasteiger partial charge in [-0.25, -0.2) is 26.3 Å². The van der Waals surface area contributed by atoms with Crippen molar-refractivity contribution in [1.29, 1.82) is 0 Å². The van der Waals surface area contributed by atoms with Crippen LogP contribution >= 0.6 is 0 Å². The second kappa shape index (κ2) is 22.2. The first-order valence-electron chi connectivity index (χ1n) is 23.8. The summed E-state index contributed by atoms with van der Waals surface area (Å²) in [5.41, 5.74) is 7.09. The van der Waals surface area contributed by atoms with Crippen LogP contribution in [0.15, 0.2) is 58.3 Å². The molecule has 2 atom stereocenters. The van der Waals surface area contributed by atoms with E-state index in [-0.39, 0.29) is 55.4 Å².